The molecule has 0 bridgehead atoms. The van der Waals surface area contributed by atoms with Gasteiger partial charge in [0.05, 0.1) is 30.4 Å². The van der Waals surface area contributed by atoms with E-state index in [9.17, 15) is 18.0 Å². The van der Waals surface area contributed by atoms with Crippen LogP contribution in [0.15, 0.2) is 54.7 Å². The predicted molar refractivity (Wildman–Crippen MR) is 127 cm³/mol. The highest BCUT2D eigenvalue weighted by Gasteiger charge is 2.37. The van der Waals surface area contributed by atoms with E-state index >= 15 is 0 Å². The molecule has 32 heavy (non-hydrogen) atoms. The molecule has 7 heteroatoms. The summed E-state index contributed by atoms with van der Waals surface area (Å²) >= 11 is 0. The topological polar surface area (TPSA) is 42.0 Å². The first kappa shape index (κ1) is 24.0. The van der Waals surface area contributed by atoms with Crippen LogP contribution in [-0.2, 0) is 12.6 Å². The molecule has 0 radical (unpaired) electrons. The molecule has 3 rings (SSSR count). The first-order valence-corrected chi connectivity index (χ1v) is 13.9. The summed E-state index contributed by atoms with van der Waals surface area (Å²) in [6, 6.07) is 17.1. The van der Waals surface area contributed by atoms with Gasteiger partial charge in [-0.2, -0.15) is 13.2 Å². The van der Waals surface area contributed by atoms with Gasteiger partial charge in [-0.15, -0.1) is 0 Å². The van der Waals surface area contributed by atoms with Crippen molar-refractivity contribution in [3.63, 3.8) is 0 Å². The first-order valence-electron chi connectivity index (χ1n) is 11.1. The second-order valence-electron chi connectivity index (χ2n) is 8.23. The van der Waals surface area contributed by atoms with E-state index in [1.165, 1.54) is 6.07 Å². The Bertz CT molecular complexity index is 1080. The van der Waals surface area contributed by atoms with Gasteiger partial charge in [0.25, 0.3) is 5.91 Å². The number of nitrogens with zero attached hydrogens (tertiary/aromatic N) is 1. The van der Waals surface area contributed by atoms with Crippen molar-refractivity contribution in [2.24, 2.45) is 0 Å². The zero-order chi connectivity index (χ0) is 23.4. The van der Waals surface area contributed by atoms with Gasteiger partial charge in [0.15, 0.2) is 0 Å². The molecule has 1 amide bonds. The smallest absolute Gasteiger partial charge is 0.320 e. The molecule has 0 aliphatic rings. The third-order valence-corrected chi connectivity index (χ3v) is 12.5. The predicted octanol–water partition coefficient (Wildman–Crippen LogP) is 7.56. The lowest BCUT2D eigenvalue weighted by atomic mass is 9.97. The van der Waals surface area contributed by atoms with Crippen LogP contribution in [0.2, 0.25) is 24.2 Å². The van der Waals surface area contributed by atoms with Crippen molar-refractivity contribution < 1.29 is 18.0 Å². The Kier molecular flexibility index (Phi) is 7.39. The number of fused-ring (bicyclic) bond motifs is 1. The number of amides is 1. The van der Waals surface area contributed by atoms with Crippen LogP contribution in [0.1, 0.15) is 42.3 Å². The van der Waals surface area contributed by atoms with Gasteiger partial charge in [-0.05, 0) is 30.2 Å². The van der Waals surface area contributed by atoms with Gasteiger partial charge in [0.2, 0.25) is 0 Å². The van der Waals surface area contributed by atoms with Crippen LogP contribution in [-0.4, -0.2) is 19.0 Å². The maximum atomic E-state index is 13.9. The molecule has 0 saturated carbocycles. The Morgan fingerprint density at radius 1 is 0.969 bits per heavy atom. The Hall–Kier alpha value is -2.67. The molecule has 1 N–H and O–H groups in total. The van der Waals surface area contributed by atoms with Crippen LogP contribution in [0, 0.1) is 0 Å². The van der Waals surface area contributed by atoms with Crippen molar-refractivity contribution in [2.45, 2.75) is 57.5 Å². The van der Waals surface area contributed by atoms with E-state index in [4.69, 9.17) is 0 Å². The number of halogens is 3. The molecule has 0 aliphatic carbocycles. The van der Waals surface area contributed by atoms with Crippen molar-refractivity contribution in [2.75, 3.05) is 5.32 Å². The third-order valence-electron chi connectivity index (χ3n) is 6.74. The fourth-order valence-corrected chi connectivity index (χ4v) is 7.74. The van der Waals surface area contributed by atoms with Crippen LogP contribution in [0.4, 0.5) is 18.9 Å². The highest BCUT2D eigenvalue weighted by atomic mass is 28.3. The summed E-state index contributed by atoms with van der Waals surface area (Å²) in [4.78, 5) is 17.5. The first-order chi connectivity index (χ1) is 15.2. The molecule has 3 aromatic rings. The highest BCUT2D eigenvalue weighted by Crippen LogP contribution is 2.36. The van der Waals surface area contributed by atoms with Crippen LogP contribution in [0.25, 0.3) is 10.9 Å². The Morgan fingerprint density at radius 3 is 2.28 bits per heavy atom. The van der Waals surface area contributed by atoms with Crippen molar-refractivity contribution in [3.05, 3.63) is 71.4 Å². The number of anilines is 1. The van der Waals surface area contributed by atoms with E-state index in [1.807, 2.05) is 12.1 Å². The summed E-state index contributed by atoms with van der Waals surface area (Å²) in [5.74, 6) is -0.747. The zero-order valence-electron chi connectivity index (χ0n) is 18.7. The van der Waals surface area contributed by atoms with Gasteiger partial charge < -0.3 is 5.32 Å². The van der Waals surface area contributed by atoms with Gasteiger partial charge in [-0.1, -0.05) is 75.3 Å². The number of hydrogen-bond acceptors (Lipinski definition) is 2. The minimum atomic E-state index is -4.62. The van der Waals surface area contributed by atoms with Crippen LogP contribution in [0.5, 0.6) is 0 Å². The number of benzene rings is 2. The molecule has 0 unspecified atom stereocenters. The standard InChI is InChI=1S/C25H29F3N2OSi/c1-4-32(5-2,6-3)17-15-18-10-7-13-20(25(26,27)28)22(18)24(31)30-21-14-8-11-19-12-9-16-29-23(19)21/h7-14,16H,4-6,15,17H2,1-3H3,(H,30,31). The van der Waals surface area contributed by atoms with Crippen LogP contribution < -0.4 is 5.32 Å². The Labute approximate surface area is 188 Å². The number of para-hydroxylation sites is 1. The molecule has 1 aromatic heterocycles. The van der Waals surface area contributed by atoms with Crippen molar-refractivity contribution in [1.82, 2.24) is 4.98 Å². The summed E-state index contributed by atoms with van der Waals surface area (Å²) in [5, 5.41) is 3.51. The maximum Gasteiger partial charge on any atom is 0.417 e. The highest BCUT2D eigenvalue weighted by molar-refractivity contribution is 6.79. The summed E-state index contributed by atoms with van der Waals surface area (Å²) in [6.45, 7) is 6.52. The van der Waals surface area contributed by atoms with Gasteiger partial charge >= 0.3 is 6.18 Å². The quantitative estimate of drug-likeness (QED) is 0.354. The van der Waals surface area contributed by atoms with E-state index in [0.29, 0.717) is 23.2 Å². The van der Waals surface area contributed by atoms with Crippen LogP contribution in [0.3, 0.4) is 0 Å². The van der Waals surface area contributed by atoms with Crippen LogP contribution >= 0.6 is 0 Å². The van der Waals surface area contributed by atoms with Gasteiger partial charge in [0.1, 0.15) is 0 Å². The number of aromatic nitrogens is 1. The zero-order valence-corrected chi connectivity index (χ0v) is 19.7. The normalized spacial score (nSPS) is 12.2. The lowest BCUT2D eigenvalue weighted by Crippen LogP contribution is -2.32. The Morgan fingerprint density at radius 2 is 1.62 bits per heavy atom. The van der Waals surface area contributed by atoms with E-state index in [0.717, 1.165) is 35.6 Å². The van der Waals surface area contributed by atoms with Crippen molar-refractivity contribution in [3.8, 4) is 0 Å². The Balaban J connectivity index is 2.02. The van der Waals surface area contributed by atoms with Gasteiger partial charge in [-0.3, -0.25) is 9.78 Å². The number of rotatable bonds is 8. The van der Waals surface area contributed by atoms with E-state index < -0.39 is 25.7 Å². The van der Waals surface area contributed by atoms with E-state index in [-0.39, 0.29) is 5.56 Å². The average molecular weight is 459 g/mol. The second-order valence-corrected chi connectivity index (χ2v) is 13.9. The molecular weight excluding hydrogens is 429 g/mol. The number of alkyl halides is 3. The molecule has 0 aliphatic heterocycles. The molecule has 0 spiro atoms. The molecule has 0 atom stereocenters. The number of hydrogen-bond donors (Lipinski definition) is 1. The summed E-state index contributed by atoms with van der Waals surface area (Å²) in [7, 11) is -1.55. The maximum absolute atomic E-state index is 13.9. The average Bonchev–Trinajstić information content (AvgIpc) is 2.80. The largest absolute Gasteiger partial charge is 0.417 e. The SMILES string of the molecule is CC[Si](CC)(CC)CCc1cccc(C(F)(F)F)c1C(=O)Nc1cccc2cccnc12. The molecule has 1 heterocycles. The summed E-state index contributed by atoms with van der Waals surface area (Å²) in [6.07, 6.45) is -2.55. The fraction of sp³-hybridized carbons (Fsp3) is 0.360. The minimum absolute atomic E-state index is 0.279. The van der Waals surface area contributed by atoms with E-state index in [1.54, 1.807) is 30.5 Å². The van der Waals surface area contributed by atoms with Gasteiger partial charge in [0, 0.05) is 11.6 Å². The third kappa shape index (κ3) is 5.04. The van der Waals surface area contributed by atoms with Crippen molar-refractivity contribution >= 4 is 30.6 Å². The second kappa shape index (κ2) is 9.86. The molecule has 170 valence electrons. The van der Waals surface area contributed by atoms with Gasteiger partial charge in [-0.25, -0.2) is 0 Å². The number of aryl methyl sites for hydroxylation is 1. The number of nitrogens with one attached hydrogen (secondary N) is 1. The van der Waals surface area contributed by atoms with E-state index in [2.05, 4.69) is 31.1 Å². The lowest BCUT2D eigenvalue weighted by Gasteiger charge is -2.28. The molecule has 0 fully saturated rings. The molecule has 3 nitrogen and oxygen atoms in total. The summed E-state index contributed by atoms with van der Waals surface area (Å²) < 4.78 is 41.6. The minimum Gasteiger partial charge on any atom is -0.320 e. The number of carbonyl (C=O) groups is 1. The monoisotopic (exact) mass is 458 g/mol. The molecule has 2 aromatic carbocycles. The number of pyridine rings is 1. The lowest BCUT2D eigenvalue weighted by molar-refractivity contribution is -0.137. The van der Waals surface area contributed by atoms with Crippen molar-refractivity contribution in [1.29, 1.82) is 0 Å². The molecular formula is C25H29F3N2OSi. The summed E-state index contributed by atoms with van der Waals surface area (Å²) in [5.41, 5.74) is 0.230. The fourth-order valence-electron chi connectivity index (χ4n) is 4.38. The number of carbonyl (C=O) groups excluding carboxylic acids is 1. The molecule has 0 saturated heterocycles.